The van der Waals surface area contributed by atoms with Crippen molar-refractivity contribution in [3.63, 3.8) is 0 Å². The summed E-state index contributed by atoms with van der Waals surface area (Å²) < 4.78 is 19.1. The van der Waals surface area contributed by atoms with Gasteiger partial charge in [-0.2, -0.15) is 0 Å². The molecule has 0 saturated heterocycles. The summed E-state index contributed by atoms with van der Waals surface area (Å²) in [6.45, 7) is 6.23. The fourth-order valence-electron chi connectivity index (χ4n) is 3.61. The summed E-state index contributed by atoms with van der Waals surface area (Å²) in [6.07, 6.45) is 2.67. The van der Waals surface area contributed by atoms with E-state index < -0.39 is 0 Å². The molecule has 0 aliphatic heterocycles. The monoisotopic (exact) mass is 524 g/mol. The second-order valence-corrected chi connectivity index (χ2v) is 9.14. The molecule has 0 amide bonds. The molecule has 0 spiro atoms. The fourth-order valence-corrected chi connectivity index (χ4v) is 5.13. The number of rotatable bonds is 7. The molecular weight excluding hydrogens is 500 g/mol. The van der Waals surface area contributed by atoms with Gasteiger partial charge in [-0.15, -0.1) is 0 Å². The van der Waals surface area contributed by atoms with Crippen molar-refractivity contribution in [2.75, 3.05) is 7.11 Å². The Morgan fingerprint density at radius 2 is 2.00 bits per heavy atom. The van der Waals surface area contributed by atoms with Gasteiger partial charge in [0.1, 0.15) is 17.6 Å². The lowest BCUT2D eigenvalue weighted by Gasteiger charge is -2.18. The van der Waals surface area contributed by atoms with Gasteiger partial charge in [0.15, 0.2) is 5.75 Å². The summed E-state index contributed by atoms with van der Waals surface area (Å²) in [5.41, 5.74) is 3.27. The van der Waals surface area contributed by atoms with Crippen LogP contribution in [0.5, 0.6) is 17.2 Å². The van der Waals surface area contributed by atoms with Gasteiger partial charge in [0.25, 0.3) is 0 Å². The molecule has 0 radical (unpaired) electrons. The summed E-state index contributed by atoms with van der Waals surface area (Å²) in [4.78, 5) is 11.9. The van der Waals surface area contributed by atoms with Crippen LogP contribution in [0.1, 0.15) is 68.7 Å². The minimum atomic E-state index is -0.195. The number of carbonyl (C=O) groups excluding carboxylic acids is 1. The van der Waals surface area contributed by atoms with Crippen LogP contribution >= 0.6 is 31.9 Å². The summed E-state index contributed by atoms with van der Waals surface area (Å²) in [7, 11) is 1.68. The molecule has 2 aromatic rings. The number of ether oxygens (including phenoxy) is 3. The highest BCUT2D eigenvalue weighted by atomic mass is 79.9. The molecule has 0 fully saturated rings. The Morgan fingerprint density at radius 3 is 2.66 bits per heavy atom. The maximum absolute atomic E-state index is 11.9. The second kappa shape index (κ2) is 9.52. The maximum Gasteiger partial charge on any atom is 0.306 e. The molecule has 29 heavy (non-hydrogen) atoms. The number of benzene rings is 2. The van der Waals surface area contributed by atoms with Gasteiger partial charge in [0.2, 0.25) is 0 Å². The zero-order valence-corrected chi connectivity index (χ0v) is 20.4. The minimum Gasteiger partial charge on any atom is -0.496 e. The average Bonchev–Trinajstić information content (AvgIpc) is 3.07. The van der Waals surface area contributed by atoms with Crippen molar-refractivity contribution in [3.8, 4) is 17.2 Å². The lowest BCUT2D eigenvalue weighted by Crippen LogP contribution is -2.08. The highest BCUT2D eigenvalue weighted by Crippen LogP contribution is 2.47. The van der Waals surface area contributed by atoms with E-state index in [2.05, 4.69) is 45.7 Å². The van der Waals surface area contributed by atoms with Gasteiger partial charge >= 0.3 is 5.97 Å². The smallest absolute Gasteiger partial charge is 0.306 e. The topological polar surface area (TPSA) is 44.8 Å². The normalized spacial score (nSPS) is 15.3. The molecule has 1 unspecified atom stereocenters. The van der Waals surface area contributed by atoms with E-state index >= 15 is 0 Å². The van der Waals surface area contributed by atoms with Crippen LogP contribution < -0.4 is 9.47 Å². The number of methoxy groups -OCH3 is 1. The van der Waals surface area contributed by atoms with Crippen LogP contribution in [0.25, 0.3) is 0 Å². The van der Waals surface area contributed by atoms with Crippen molar-refractivity contribution in [3.05, 3.63) is 49.9 Å². The van der Waals surface area contributed by atoms with Crippen LogP contribution in [-0.4, -0.2) is 13.1 Å². The van der Waals surface area contributed by atoms with Crippen LogP contribution in [0.2, 0.25) is 0 Å². The molecule has 1 aliphatic carbocycles. The van der Waals surface area contributed by atoms with Gasteiger partial charge in [-0.05, 0) is 92.4 Å². The van der Waals surface area contributed by atoms with Crippen molar-refractivity contribution in [1.29, 1.82) is 0 Å². The van der Waals surface area contributed by atoms with Crippen LogP contribution in [0.15, 0.2) is 33.2 Å². The third-order valence-electron chi connectivity index (χ3n) is 5.09. The summed E-state index contributed by atoms with van der Waals surface area (Å²) in [5.74, 6) is 2.51. The quantitative estimate of drug-likeness (QED) is 0.352. The van der Waals surface area contributed by atoms with Gasteiger partial charge in [-0.1, -0.05) is 20.8 Å². The molecular formula is C23H26Br2O4. The molecule has 6 heteroatoms. The third kappa shape index (κ3) is 4.80. The predicted molar refractivity (Wildman–Crippen MR) is 121 cm³/mol. The molecule has 0 bridgehead atoms. The zero-order valence-electron chi connectivity index (χ0n) is 17.2. The first-order valence-electron chi connectivity index (χ1n) is 9.91. The SMILES string of the molecule is CCCC(=O)OC1CCc2c1cc(Br)c(Oc1ccc(OC)c(C(C)C)c1)c2Br. The van der Waals surface area contributed by atoms with E-state index in [0.717, 1.165) is 62.1 Å². The number of hydrogen-bond donors (Lipinski definition) is 0. The first-order valence-corrected chi connectivity index (χ1v) is 11.5. The van der Waals surface area contributed by atoms with Gasteiger partial charge in [0.05, 0.1) is 16.1 Å². The van der Waals surface area contributed by atoms with E-state index in [-0.39, 0.29) is 12.1 Å². The van der Waals surface area contributed by atoms with E-state index in [1.807, 2.05) is 31.2 Å². The Hall–Kier alpha value is -1.53. The number of carbonyl (C=O) groups is 1. The van der Waals surface area contributed by atoms with Crippen molar-refractivity contribution < 1.29 is 19.0 Å². The van der Waals surface area contributed by atoms with Gasteiger partial charge < -0.3 is 14.2 Å². The van der Waals surface area contributed by atoms with Gasteiger partial charge in [-0.25, -0.2) is 0 Å². The van der Waals surface area contributed by atoms with Crippen molar-refractivity contribution in [2.24, 2.45) is 0 Å². The standard InChI is InChI=1S/C23H26Br2O4/c1-5-6-21(26)29-20-10-8-15-17(20)12-18(24)23(22(15)25)28-14-7-9-19(27-4)16(11-14)13(2)3/h7,9,11-13,20H,5-6,8,10H2,1-4H3. The van der Waals surface area contributed by atoms with E-state index in [4.69, 9.17) is 14.2 Å². The van der Waals surface area contributed by atoms with Gasteiger partial charge in [-0.3, -0.25) is 4.79 Å². The fraction of sp³-hybridized carbons (Fsp3) is 0.435. The van der Waals surface area contributed by atoms with E-state index in [1.54, 1.807) is 7.11 Å². The molecule has 3 rings (SSSR count). The molecule has 4 nitrogen and oxygen atoms in total. The third-order valence-corrected chi connectivity index (χ3v) is 6.51. The van der Waals surface area contributed by atoms with Crippen LogP contribution in [-0.2, 0) is 16.0 Å². The number of esters is 1. The summed E-state index contributed by atoms with van der Waals surface area (Å²) in [6, 6.07) is 7.87. The van der Waals surface area contributed by atoms with E-state index in [1.165, 1.54) is 0 Å². The molecule has 156 valence electrons. The van der Waals surface area contributed by atoms with Crippen LogP contribution in [0, 0.1) is 0 Å². The first kappa shape index (κ1) is 22.2. The lowest BCUT2D eigenvalue weighted by molar-refractivity contribution is -0.149. The lowest BCUT2D eigenvalue weighted by atomic mass is 10.0. The van der Waals surface area contributed by atoms with Crippen molar-refractivity contribution >= 4 is 37.8 Å². The van der Waals surface area contributed by atoms with Crippen LogP contribution in [0.4, 0.5) is 0 Å². The number of fused-ring (bicyclic) bond motifs is 1. The van der Waals surface area contributed by atoms with E-state index in [9.17, 15) is 4.79 Å². The molecule has 2 aromatic carbocycles. The zero-order chi connectivity index (χ0) is 21.1. The highest BCUT2D eigenvalue weighted by molar-refractivity contribution is 9.11. The Kier molecular flexibility index (Phi) is 7.28. The Balaban J connectivity index is 1.89. The van der Waals surface area contributed by atoms with Crippen LogP contribution in [0.3, 0.4) is 0 Å². The second-order valence-electron chi connectivity index (χ2n) is 7.50. The average molecular weight is 526 g/mol. The molecule has 0 saturated carbocycles. The Bertz CT molecular complexity index is 908. The molecule has 1 aliphatic rings. The number of halogens is 2. The highest BCUT2D eigenvalue weighted by Gasteiger charge is 2.30. The molecule has 0 aromatic heterocycles. The summed E-state index contributed by atoms with van der Waals surface area (Å²) >= 11 is 7.36. The predicted octanol–water partition coefficient (Wildman–Crippen LogP) is 7.47. The Morgan fingerprint density at radius 1 is 1.24 bits per heavy atom. The first-order chi connectivity index (χ1) is 13.8. The van der Waals surface area contributed by atoms with E-state index in [0.29, 0.717) is 12.3 Å². The molecule has 1 atom stereocenters. The number of hydrogen-bond acceptors (Lipinski definition) is 4. The molecule has 0 N–H and O–H groups in total. The van der Waals surface area contributed by atoms with Crippen molar-refractivity contribution in [2.45, 2.75) is 58.5 Å². The largest absolute Gasteiger partial charge is 0.496 e. The minimum absolute atomic E-state index is 0.141. The maximum atomic E-state index is 11.9. The Labute approximate surface area is 189 Å². The summed E-state index contributed by atoms with van der Waals surface area (Å²) in [5, 5.41) is 0. The molecule has 0 heterocycles. The van der Waals surface area contributed by atoms with Crippen molar-refractivity contribution in [1.82, 2.24) is 0 Å². The van der Waals surface area contributed by atoms with Gasteiger partial charge in [0, 0.05) is 12.0 Å².